The van der Waals surface area contributed by atoms with Crippen LogP contribution in [0.25, 0.3) is 0 Å². The van der Waals surface area contributed by atoms with Crippen LogP contribution in [-0.4, -0.2) is 45.4 Å². The van der Waals surface area contributed by atoms with Gasteiger partial charge in [-0.1, -0.05) is 34.1 Å². The average molecular weight is 481 g/mol. The monoisotopic (exact) mass is 480 g/mol. The first-order chi connectivity index (χ1) is 13.9. The third-order valence-corrected chi connectivity index (χ3v) is 7.50. The summed E-state index contributed by atoms with van der Waals surface area (Å²) in [7, 11) is -1.98. The fourth-order valence-corrected chi connectivity index (χ4v) is 5.29. The number of ether oxygens (including phenoxy) is 1. The van der Waals surface area contributed by atoms with Gasteiger partial charge in [0.25, 0.3) is 0 Å². The van der Waals surface area contributed by atoms with Crippen molar-refractivity contribution in [3.8, 4) is 5.75 Å². The van der Waals surface area contributed by atoms with E-state index in [-0.39, 0.29) is 23.3 Å². The maximum absolute atomic E-state index is 12.9. The van der Waals surface area contributed by atoms with Gasteiger partial charge in [0.1, 0.15) is 5.75 Å². The molecule has 1 unspecified atom stereocenters. The van der Waals surface area contributed by atoms with Crippen LogP contribution in [-0.2, 0) is 21.2 Å². The highest BCUT2D eigenvalue weighted by atomic mass is 79.9. The van der Waals surface area contributed by atoms with Crippen molar-refractivity contribution >= 4 is 31.9 Å². The van der Waals surface area contributed by atoms with Crippen molar-refractivity contribution in [2.75, 3.05) is 26.7 Å². The molecule has 3 rings (SSSR count). The van der Waals surface area contributed by atoms with Crippen LogP contribution in [0.2, 0.25) is 0 Å². The molecule has 0 saturated carbocycles. The van der Waals surface area contributed by atoms with Gasteiger partial charge >= 0.3 is 0 Å². The van der Waals surface area contributed by atoms with Crippen LogP contribution in [0.4, 0.5) is 0 Å². The summed E-state index contributed by atoms with van der Waals surface area (Å²) < 4.78 is 33.4. The molecular weight excluding hydrogens is 456 g/mol. The number of carbonyl (C=O) groups is 1. The lowest BCUT2D eigenvalue weighted by Gasteiger charge is -2.31. The summed E-state index contributed by atoms with van der Waals surface area (Å²) >= 11 is 3.32. The van der Waals surface area contributed by atoms with Crippen molar-refractivity contribution in [1.29, 1.82) is 0 Å². The SMILES string of the molecule is COc1ccccc1CCNC(=O)C1CCCN(S(=O)(=O)c2ccc(Br)cc2)C1. The quantitative estimate of drug-likeness (QED) is 0.659. The van der Waals surface area contributed by atoms with Gasteiger partial charge in [-0.25, -0.2) is 8.42 Å². The van der Waals surface area contributed by atoms with Gasteiger partial charge in [-0.2, -0.15) is 4.31 Å². The molecule has 1 fully saturated rings. The summed E-state index contributed by atoms with van der Waals surface area (Å²) in [5.74, 6) is 0.355. The number of hydrogen-bond acceptors (Lipinski definition) is 4. The molecule has 1 amide bonds. The molecule has 1 aliphatic heterocycles. The number of hydrogen-bond donors (Lipinski definition) is 1. The Hall–Kier alpha value is -1.90. The molecule has 0 aliphatic carbocycles. The number of sulfonamides is 1. The molecule has 0 aromatic heterocycles. The number of methoxy groups -OCH3 is 1. The molecule has 0 bridgehead atoms. The van der Waals surface area contributed by atoms with Gasteiger partial charge in [0, 0.05) is 24.1 Å². The normalized spacial score (nSPS) is 17.7. The van der Waals surface area contributed by atoms with Crippen LogP contribution in [0.5, 0.6) is 5.75 Å². The molecule has 29 heavy (non-hydrogen) atoms. The fraction of sp³-hybridized carbons (Fsp3) is 0.381. The highest BCUT2D eigenvalue weighted by molar-refractivity contribution is 9.10. The number of benzene rings is 2. The zero-order chi connectivity index (χ0) is 20.9. The standard InChI is InChI=1S/C21H25BrN2O4S/c1-28-20-7-3-2-5-16(20)12-13-23-21(25)17-6-4-14-24(15-17)29(26,27)19-10-8-18(22)9-11-19/h2-3,5,7-11,17H,4,6,12-15H2,1H3,(H,23,25). The second-order valence-corrected chi connectivity index (χ2v) is 9.86. The highest BCUT2D eigenvalue weighted by Gasteiger charge is 2.33. The maximum Gasteiger partial charge on any atom is 0.243 e. The summed E-state index contributed by atoms with van der Waals surface area (Å²) in [6.07, 6.45) is 2.01. The number of piperidine rings is 1. The number of nitrogens with one attached hydrogen (secondary N) is 1. The van der Waals surface area contributed by atoms with Gasteiger partial charge in [0.2, 0.25) is 15.9 Å². The van der Waals surface area contributed by atoms with E-state index in [0.717, 1.165) is 15.8 Å². The first-order valence-electron chi connectivity index (χ1n) is 9.57. The molecule has 0 spiro atoms. The number of halogens is 1. The molecule has 156 valence electrons. The van der Waals surface area contributed by atoms with Crippen molar-refractivity contribution in [2.45, 2.75) is 24.2 Å². The van der Waals surface area contributed by atoms with E-state index in [1.807, 2.05) is 24.3 Å². The minimum absolute atomic E-state index is 0.101. The Labute approximate surface area is 180 Å². The zero-order valence-corrected chi connectivity index (χ0v) is 18.7. The van der Waals surface area contributed by atoms with Crippen LogP contribution in [0, 0.1) is 5.92 Å². The molecule has 1 atom stereocenters. The summed E-state index contributed by atoms with van der Waals surface area (Å²) in [6, 6.07) is 14.3. The molecule has 0 radical (unpaired) electrons. The van der Waals surface area contributed by atoms with Crippen molar-refractivity contribution < 1.29 is 17.9 Å². The maximum atomic E-state index is 12.9. The summed E-state index contributed by atoms with van der Waals surface area (Å²) in [5, 5.41) is 2.95. The van der Waals surface area contributed by atoms with Crippen LogP contribution >= 0.6 is 15.9 Å². The molecular formula is C21H25BrN2O4S. The molecule has 8 heteroatoms. The van der Waals surface area contributed by atoms with Gasteiger partial charge in [0.05, 0.1) is 17.9 Å². The Kier molecular flexibility index (Phi) is 7.32. The summed E-state index contributed by atoms with van der Waals surface area (Å²) in [6.45, 7) is 1.12. The fourth-order valence-electron chi connectivity index (χ4n) is 3.50. The lowest BCUT2D eigenvalue weighted by atomic mass is 9.98. The molecule has 2 aromatic carbocycles. The van der Waals surface area contributed by atoms with E-state index < -0.39 is 10.0 Å². The summed E-state index contributed by atoms with van der Waals surface area (Å²) in [4.78, 5) is 12.9. The molecule has 6 nitrogen and oxygen atoms in total. The number of rotatable bonds is 7. The van der Waals surface area contributed by atoms with Crippen molar-refractivity contribution in [2.24, 2.45) is 5.92 Å². The number of para-hydroxylation sites is 1. The number of carbonyl (C=O) groups excluding carboxylic acids is 1. The van der Waals surface area contributed by atoms with E-state index in [2.05, 4.69) is 21.2 Å². The third-order valence-electron chi connectivity index (χ3n) is 5.09. The Balaban J connectivity index is 1.58. The van der Waals surface area contributed by atoms with Crippen LogP contribution in [0.15, 0.2) is 57.9 Å². The molecule has 1 saturated heterocycles. The zero-order valence-electron chi connectivity index (χ0n) is 16.3. The number of nitrogens with zero attached hydrogens (tertiary/aromatic N) is 1. The smallest absolute Gasteiger partial charge is 0.243 e. The molecule has 1 N–H and O–H groups in total. The van der Waals surface area contributed by atoms with E-state index in [0.29, 0.717) is 32.4 Å². The first kappa shape index (κ1) is 21.8. The van der Waals surface area contributed by atoms with Gasteiger partial charge < -0.3 is 10.1 Å². The second kappa shape index (κ2) is 9.73. The third kappa shape index (κ3) is 5.38. The highest BCUT2D eigenvalue weighted by Crippen LogP contribution is 2.25. The topological polar surface area (TPSA) is 75.7 Å². The second-order valence-electron chi connectivity index (χ2n) is 7.01. The number of amides is 1. The molecule has 1 heterocycles. The summed E-state index contributed by atoms with van der Waals surface area (Å²) in [5.41, 5.74) is 1.03. The largest absolute Gasteiger partial charge is 0.496 e. The van der Waals surface area contributed by atoms with Gasteiger partial charge in [-0.15, -0.1) is 0 Å². The van der Waals surface area contributed by atoms with E-state index in [9.17, 15) is 13.2 Å². The Morgan fingerprint density at radius 1 is 1.21 bits per heavy atom. The lowest BCUT2D eigenvalue weighted by molar-refractivity contribution is -0.126. The first-order valence-corrected chi connectivity index (χ1v) is 11.8. The molecule has 1 aliphatic rings. The van der Waals surface area contributed by atoms with E-state index >= 15 is 0 Å². The average Bonchev–Trinajstić information content (AvgIpc) is 2.74. The lowest BCUT2D eigenvalue weighted by Crippen LogP contribution is -2.45. The minimum Gasteiger partial charge on any atom is -0.496 e. The van der Waals surface area contributed by atoms with E-state index in [1.165, 1.54) is 4.31 Å². The van der Waals surface area contributed by atoms with Crippen LogP contribution in [0.1, 0.15) is 18.4 Å². The van der Waals surface area contributed by atoms with E-state index in [1.54, 1.807) is 31.4 Å². The Morgan fingerprint density at radius 3 is 2.66 bits per heavy atom. The van der Waals surface area contributed by atoms with Crippen molar-refractivity contribution in [1.82, 2.24) is 9.62 Å². The van der Waals surface area contributed by atoms with Gasteiger partial charge in [-0.05, 0) is 55.2 Å². The molecule has 2 aromatic rings. The van der Waals surface area contributed by atoms with Crippen molar-refractivity contribution in [3.05, 3.63) is 58.6 Å². The van der Waals surface area contributed by atoms with Gasteiger partial charge in [-0.3, -0.25) is 4.79 Å². The predicted molar refractivity (Wildman–Crippen MR) is 115 cm³/mol. The van der Waals surface area contributed by atoms with Crippen molar-refractivity contribution in [3.63, 3.8) is 0 Å². The van der Waals surface area contributed by atoms with E-state index in [4.69, 9.17) is 4.74 Å². The Bertz CT molecular complexity index is 947. The minimum atomic E-state index is -3.60. The van der Waals surface area contributed by atoms with Crippen LogP contribution < -0.4 is 10.1 Å². The Morgan fingerprint density at radius 2 is 1.93 bits per heavy atom. The van der Waals surface area contributed by atoms with Crippen LogP contribution in [0.3, 0.4) is 0 Å². The van der Waals surface area contributed by atoms with Gasteiger partial charge in [0.15, 0.2) is 0 Å². The predicted octanol–water partition coefficient (Wildman–Crippen LogP) is 3.22.